The molecule has 0 bridgehead atoms. The number of aliphatic hydroxyl groups is 1. The second-order valence-electron chi connectivity index (χ2n) is 9.49. The molecule has 31 heavy (non-hydrogen) atoms. The van der Waals surface area contributed by atoms with Gasteiger partial charge >= 0.3 is 0 Å². The Labute approximate surface area is 180 Å². The first-order valence-electron chi connectivity index (χ1n) is 10.9. The molecular weight excluding hydrogens is 396 g/mol. The monoisotopic (exact) mass is 424 g/mol. The number of pyridine rings is 1. The summed E-state index contributed by atoms with van der Waals surface area (Å²) in [6.45, 7) is 3.68. The number of carbonyl (C=O) groups excluding carboxylic acids is 1. The largest absolute Gasteiger partial charge is 0.710 e. The van der Waals surface area contributed by atoms with E-state index in [2.05, 4.69) is 25.9 Å². The second-order valence-corrected chi connectivity index (χ2v) is 9.49. The molecular formula is C22H28N6O3. The van der Waals surface area contributed by atoms with Crippen LogP contribution in [0.5, 0.6) is 0 Å². The summed E-state index contributed by atoms with van der Waals surface area (Å²) in [6, 6.07) is 3.61. The molecule has 2 aliphatic carbocycles. The van der Waals surface area contributed by atoms with Crippen molar-refractivity contribution in [2.45, 2.75) is 76.0 Å². The first kappa shape index (κ1) is 20.0. The minimum atomic E-state index is -0.623. The molecule has 0 radical (unpaired) electrons. The van der Waals surface area contributed by atoms with Gasteiger partial charge in [0.2, 0.25) is 5.82 Å². The zero-order chi connectivity index (χ0) is 21.8. The summed E-state index contributed by atoms with van der Waals surface area (Å²) in [6.07, 6.45) is 7.42. The molecule has 1 aliphatic heterocycles. The lowest BCUT2D eigenvalue weighted by molar-refractivity contribution is -0.603. The summed E-state index contributed by atoms with van der Waals surface area (Å²) in [5, 5.41) is 32.8. The molecule has 9 nitrogen and oxygen atoms in total. The minimum absolute atomic E-state index is 0.157. The number of carbonyl (C=O) groups is 1. The van der Waals surface area contributed by atoms with Crippen LogP contribution in [0.25, 0.3) is 0 Å². The average molecular weight is 425 g/mol. The van der Waals surface area contributed by atoms with E-state index >= 15 is 0 Å². The molecule has 2 fully saturated rings. The van der Waals surface area contributed by atoms with Crippen LogP contribution in [-0.2, 0) is 5.54 Å². The van der Waals surface area contributed by atoms with Gasteiger partial charge in [-0.3, -0.25) is 4.79 Å². The maximum absolute atomic E-state index is 13.4. The van der Waals surface area contributed by atoms with E-state index in [0.29, 0.717) is 41.6 Å². The van der Waals surface area contributed by atoms with E-state index in [4.69, 9.17) is 0 Å². The molecule has 1 spiro atoms. The van der Waals surface area contributed by atoms with Crippen molar-refractivity contribution in [1.82, 2.24) is 15.3 Å². The third-order valence-corrected chi connectivity index (χ3v) is 6.79. The summed E-state index contributed by atoms with van der Waals surface area (Å²) < 4.78 is 0.865. The van der Waals surface area contributed by atoms with E-state index in [9.17, 15) is 15.1 Å². The molecule has 0 unspecified atom stereocenters. The van der Waals surface area contributed by atoms with Crippen LogP contribution in [0.2, 0.25) is 0 Å². The Morgan fingerprint density at radius 2 is 1.90 bits per heavy atom. The van der Waals surface area contributed by atoms with Crippen molar-refractivity contribution in [1.29, 1.82) is 0 Å². The number of rotatable bonds is 4. The molecule has 3 heterocycles. The number of aromatic nitrogens is 3. The van der Waals surface area contributed by atoms with Crippen molar-refractivity contribution in [3.8, 4) is 0 Å². The molecule has 3 aliphatic rings. The summed E-state index contributed by atoms with van der Waals surface area (Å²) in [5.74, 6) is 1.31. The molecule has 164 valence electrons. The molecule has 0 aromatic carbocycles. The Morgan fingerprint density at radius 1 is 1.19 bits per heavy atom. The minimum Gasteiger partial charge on any atom is -0.710 e. The predicted molar refractivity (Wildman–Crippen MR) is 115 cm³/mol. The maximum atomic E-state index is 13.4. The van der Waals surface area contributed by atoms with Crippen molar-refractivity contribution in [3.05, 3.63) is 40.5 Å². The summed E-state index contributed by atoms with van der Waals surface area (Å²) in [7, 11) is 0. The fraction of sp³-hybridized carbons (Fsp3) is 0.545. The molecule has 2 saturated carbocycles. The fourth-order valence-corrected chi connectivity index (χ4v) is 5.36. The topological polar surface area (TPSA) is 126 Å². The molecule has 0 atom stereocenters. The van der Waals surface area contributed by atoms with Crippen molar-refractivity contribution in [3.63, 3.8) is 0 Å². The Kier molecular flexibility index (Phi) is 4.55. The van der Waals surface area contributed by atoms with E-state index in [-0.39, 0.29) is 11.9 Å². The van der Waals surface area contributed by atoms with Gasteiger partial charge in [-0.25, -0.2) is 15.0 Å². The number of amides is 1. The summed E-state index contributed by atoms with van der Waals surface area (Å²) >= 11 is 0. The van der Waals surface area contributed by atoms with E-state index < -0.39 is 11.1 Å². The van der Waals surface area contributed by atoms with E-state index in [1.165, 1.54) is 6.33 Å². The molecule has 0 saturated heterocycles. The fourth-order valence-electron chi connectivity index (χ4n) is 5.36. The molecule has 1 amide bonds. The molecule has 9 heteroatoms. The highest BCUT2D eigenvalue weighted by Crippen LogP contribution is 2.42. The molecule has 5 rings (SSSR count). The second kappa shape index (κ2) is 7.05. The smallest absolute Gasteiger partial charge is 0.284 e. The summed E-state index contributed by atoms with van der Waals surface area (Å²) in [4.78, 5) is 21.2. The SMILES string of the molecule is Cc1cc(Nc2cc(NC3CC(C)(O)C3)ncn2)[n+]([O-])c2c1C(=O)NC21CCCCC1. The Bertz CT molecular complexity index is 1040. The van der Waals surface area contributed by atoms with Gasteiger partial charge in [0.05, 0.1) is 11.2 Å². The van der Waals surface area contributed by atoms with Crippen LogP contribution in [0.1, 0.15) is 73.5 Å². The number of hydrogen-bond donors (Lipinski definition) is 4. The van der Waals surface area contributed by atoms with E-state index in [0.717, 1.165) is 42.4 Å². The van der Waals surface area contributed by atoms with Crippen molar-refractivity contribution in [2.75, 3.05) is 10.6 Å². The van der Waals surface area contributed by atoms with Crippen LogP contribution in [0.3, 0.4) is 0 Å². The molecule has 2 aromatic rings. The van der Waals surface area contributed by atoms with Crippen molar-refractivity contribution >= 4 is 23.4 Å². The quantitative estimate of drug-likeness (QED) is 0.438. The van der Waals surface area contributed by atoms with Gasteiger partial charge in [-0.05, 0) is 45.1 Å². The van der Waals surface area contributed by atoms with Crippen molar-refractivity contribution in [2.24, 2.45) is 0 Å². The third kappa shape index (κ3) is 3.46. The van der Waals surface area contributed by atoms with Gasteiger partial charge < -0.3 is 20.9 Å². The van der Waals surface area contributed by atoms with Gasteiger partial charge in [-0.15, -0.1) is 0 Å². The van der Waals surface area contributed by atoms with Crippen LogP contribution < -0.4 is 20.7 Å². The van der Waals surface area contributed by atoms with Gasteiger partial charge in [0.1, 0.15) is 23.4 Å². The van der Waals surface area contributed by atoms with Crippen LogP contribution in [0, 0.1) is 12.1 Å². The standard InChI is InChI=1S/C22H28N6O3/c1-13-8-17(26-16-9-15(23-12-24-16)25-14-10-21(2,30)11-14)28(31)19-18(13)20(29)27-22(19)6-4-3-5-7-22/h8-9,12,14,30H,3-7,10-11H2,1-2H3,(H,27,29)(H2,23,24,25,26). The lowest BCUT2D eigenvalue weighted by atomic mass is 9.77. The van der Waals surface area contributed by atoms with Gasteiger partial charge in [0.25, 0.3) is 11.7 Å². The Morgan fingerprint density at radius 3 is 2.61 bits per heavy atom. The van der Waals surface area contributed by atoms with E-state index in [1.807, 2.05) is 13.8 Å². The number of anilines is 3. The van der Waals surface area contributed by atoms with Gasteiger partial charge in [0.15, 0.2) is 0 Å². The Hall–Kier alpha value is -2.94. The summed E-state index contributed by atoms with van der Waals surface area (Å²) in [5.41, 5.74) is 0.610. The highest BCUT2D eigenvalue weighted by molar-refractivity contribution is 6.00. The van der Waals surface area contributed by atoms with Crippen LogP contribution in [-0.4, -0.2) is 32.6 Å². The normalized spacial score (nSPS) is 26.2. The lowest BCUT2D eigenvalue weighted by Crippen LogP contribution is -2.49. The zero-order valence-electron chi connectivity index (χ0n) is 17.9. The Balaban J connectivity index is 1.43. The van der Waals surface area contributed by atoms with Gasteiger partial charge in [-0.2, -0.15) is 4.98 Å². The average Bonchev–Trinajstić information content (AvgIpc) is 2.97. The lowest BCUT2D eigenvalue weighted by Gasteiger charge is -2.41. The van der Waals surface area contributed by atoms with Crippen molar-refractivity contribution < 1.29 is 14.6 Å². The number of aryl methyl sites for hydroxylation is 1. The number of nitrogens with one attached hydrogen (secondary N) is 3. The zero-order valence-corrected chi connectivity index (χ0v) is 17.9. The van der Waals surface area contributed by atoms with Gasteiger partial charge in [-0.1, -0.05) is 19.3 Å². The van der Waals surface area contributed by atoms with E-state index in [1.54, 1.807) is 12.1 Å². The first-order valence-corrected chi connectivity index (χ1v) is 10.9. The molecule has 4 N–H and O–H groups in total. The highest BCUT2D eigenvalue weighted by Gasteiger charge is 2.48. The van der Waals surface area contributed by atoms with Crippen LogP contribution in [0.15, 0.2) is 18.5 Å². The van der Waals surface area contributed by atoms with Crippen LogP contribution >= 0.6 is 0 Å². The number of fused-ring (bicyclic) bond motifs is 2. The van der Waals surface area contributed by atoms with Crippen LogP contribution in [0.4, 0.5) is 17.5 Å². The molecule has 2 aromatic heterocycles. The van der Waals surface area contributed by atoms with Gasteiger partial charge in [0, 0.05) is 18.2 Å². The maximum Gasteiger partial charge on any atom is 0.284 e. The highest BCUT2D eigenvalue weighted by atomic mass is 16.5. The predicted octanol–water partition coefficient (Wildman–Crippen LogP) is 2.39. The number of hydrogen-bond acceptors (Lipinski definition) is 7. The third-order valence-electron chi connectivity index (χ3n) is 6.79. The number of nitrogens with zero attached hydrogens (tertiary/aromatic N) is 3. The first-order chi connectivity index (χ1) is 14.8.